The van der Waals surface area contributed by atoms with Crippen LogP contribution in [0.2, 0.25) is 0 Å². The largest absolute Gasteiger partial charge is 0.573 e. The van der Waals surface area contributed by atoms with E-state index in [1.807, 2.05) is 0 Å². The van der Waals surface area contributed by atoms with Gasteiger partial charge in [0.05, 0.1) is 22.0 Å². The van der Waals surface area contributed by atoms with E-state index in [0.717, 1.165) is 29.2 Å². The van der Waals surface area contributed by atoms with Crippen molar-refractivity contribution in [2.75, 3.05) is 4.90 Å². The SMILES string of the molecule is O=C1C=C(Br)C(=O)C2=C1[C@@H](c1cc(OC(F)(F)F)ccc1O)C1=CC[C@@H]3C(=O)N(c4ccccc4)C(=O)[C@@H]3[C@@H]1C2. The topological polar surface area (TPSA) is 101 Å². The third-order valence-corrected chi connectivity index (χ3v) is 8.48. The molecule has 1 heterocycles. The van der Waals surface area contributed by atoms with Crippen LogP contribution in [0, 0.1) is 17.8 Å². The summed E-state index contributed by atoms with van der Waals surface area (Å²) in [6.07, 6.45) is -2.08. The highest BCUT2D eigenvalue weighted by Crippen LogP contribution is 2.56. The van der Waals surface area contributed by atoms with E-state index in [1.165, 1.54) is 0 Å². The number of allylic oxidation sites excluding steroid dienone is 6. The molecule has 7 nitrogen and oxygen atoms in total. The first kappa shape index (κ1) is 26.2. The molecule has 1 fully saturated rings. The van der Waals surface area contributed by atoms with Gasteiger partial charge in [0.1, 0.15) is 11.5 Å². The van der Waals surface area contributed by atoms with Gasteiger partial charge < -0.3 is 9.84 Å². The van der Waals surface area contributed by atoms with Gasteiger partial charge >= 0.3 is 6.36 Å². The molecular formula is C29H19BrF3NO6. The van der Waals surface area contributed by atoms with Crippen LogP contribution in [0.3, 0.4) is 0 Å². The van der Waals surface area contributed by atoms with Gasteiger partial charge in [-0.05, 0) is 65.0 Å². The van der Waals surface area contributed by atoms with E-state index in [9.17, 15) is 37.5 Å². The molecule has 204 valence electrons. The van der Waals surface area contributed by atoms with E-state index in [-0.39, 0.29) is 39.9 Å². The number of nitrogens with zero attached hydrogens (tertiary/aromatic N) is 1. The Balaban J connectivity index is 1.50. The number of carbonyl (C=O) groups is 4. The van der Waals surface area contributed by atoms with E-state index in [1.54, 1.807) is 36.4 Å². The van der Waals surface area contributed by atoms with Crippen molar-refractivity contribution in [3.8, 4) is 11.5 Å². The number of anilines is 1. The summed E-state index contributed by atoms with van der Waals surface area (Å²) >= 11 is 3.12. The number of ether oxygens (including phenoxy) is 1. The summed E-state index contributed by atoms with van der Waals surface area (Å²) in [5, 5.41) is 10.8. The van der Waals surface area contributed by atoms with E-state index < -0.39 is 59.0 Å². The Bertz CT molecular complexity index is 1590. The van der Waals surface area contributed by atoms with Crippen molar-refractivity contribution < 1.29 is 42.2 Å². The summed E-state index contributed by atoms with van der Waals surface area (Å²) in [7, 11) is 0. The zero-order valence-electron chi connectivity index (χ0n) is 20.4. The second kappa shape index (κ2) is 9.29. The molecule has 2 amide bonds. The summed E-state index contributed by atoms with van der Waals surface area (Å²) in [5.74, 6) is -6.35. The minimum Gasteiger partial charge on any atom is -0.508 e. The van der Waals surface area contributed by atoms with Crippen molar-refractivity contribution in [3.05, 3.63) is 87.4 Å². The molecule has 3 aliphatic carbocycles. The van der Waals surface area contributed by atoms with E-state index >= 15 is 0 Å². The van der Waals surface area contributed by atoms with E-state index in [2.05, 4.69) is 20.7 Å². The van der Waals surface area contributed by atoms with Crippen LogP contribution in [-0.4, -0.2) is 34.8 Å². The lowest BCUT2D eigenvalue weighted by Gasteiger charge is -2.42. The summed E-state index contributed by atoms with van der Waals surface area (Å²) < 4.78 is 43.1. The van der Waals surface area contributed by atoms with Gasteiger partial charge in [0.25, 0.3) is 0 Å². The van der Waals surface area contributed by atoms with Gasteiger partial charge in [-0.15, -0.1) is 13.2 Å². The average molecular weight is 614 g/mol. The van der Waals surface area contributed by atoms with Gasteiger partial charge in [0.2, 0.25) is 11.8 Å². The number of hydrogen-bond donors (Lipinski definition) is 1. The molecule has 1 aliphatic heterocycles. The fourth-order valence-corrected chi connectivity index (χ4v) is 6.80. The van der Waals surface area contributed by atoms with Crippen molar-refractivity contribution in [2.45, 2.75) is 25.1 Å². The van der Waals surface area contributed by atoms with Crippen LogP contribution < -0.4 is 9.64 Å². The molecule has 1 saturated heterocycles. The Hall–Kier alpha value is -3.99. The number of rotatable bonds is 3. The van der Waals surface area contributed by atoms with Crippen LogP contribution in [0.1, 0.15) is 24.3 Å². The summed E-state index contributed by atoms with van der Waals surface area (Å²) in [4.78, 5) is 54.9. The lowest BCUT2D eigenvalue weighted by Crippen LogP contribution is -2.39. The first-order chi connectivity index (χ1) is 19.0. The summed E-state index contributed by atoms with van der Waals surface area (Å²) in [5.41, 5.74) is 0.929. The van der Waals surface area contributed by atoms with Crippen LogP contribution in [-0.2, 0) is 19.2 Å². The number of alkyl halides is 3. The Morgan fingerprint density at radius 2 is 1.70 bits per heavy atom. The number of aromatic hydroxyl groups is 1. The number of fused-ring (bicyclic) bond motifs is 3. The quantitative estimate of drug-likeness (QED) is 0.288. The Kier molecular flexibility index (Phi) is 6.10. The van der Waals surface area contributed by atoms with Gasteiger partial charge in [-0.25, -0.2) is 0 Å². The molecule has 0 radical (unpaired) electrons. The Morgan fingerprint density at radius 1 is 0.975 bits per heavy atom. The van der Waals surface area contributed by atoms with Gasteiger partial charge in [-0.3, -0.25) is 24.1 Å². The predicted molar refractivity (Wildman–Crippen MR) is 138 cm³/mol. The van der Waals surface area contributed by atoms with E-state index in [0.29, 0.717) is 11.3 Å². The third kappa shape index (κ3) is 4.11. The lowest BCUT2D eigenvalue weighted by molar-refractivity contribution is -0.274. The molecule has 0 unspecified atom stereocenters. The molecule has 0 saturated carbocycles. The number of ketones is 2. The van der Waals surface area contributed by atoms with Crippen molar-refractivity contribution in [1.29, 1.82) is 0 Å². The molecule has 0 spiro atoms. The van der Waals surface area contributed by atoms with Crippen LogP contribution in [0.25, 0.3) is 0 Å². The summed E-state index contributed by atoms with van der Waals surface area (Å²) in [6, 6.07) is 11.4. The number of carbonyl (C=O) groups excluding carboxylic acids is 4. The number of halogens is 4. The zero-order valence-corrected chi connectivity index (χ0v) is 22.0. The molecule has 6 rings (SSSR count). The number of para-hydroxylation sites is 1. The number of amides is 2. The number of Topliss-reactive ketones (excluding diaryl/α,β-unsaturated/α-hetero) is 1. The number of phenolic OH excluding ortho intramolecular Hbond substituents is 1. The molecule has 4 aliphatic rings. The maximum absolute atomic E-state index is 13.8. The first-order valence-electron chi connectivity index (χ1n) is 12.4. The minimum atomic E-state index is -5.01. The Morgan fingerprint density at radius 3 is 2.40 bits per heavy atom. The second-order valence-corrected chi connectivity index (χ2v) is 10.9. The average Bonchev–Trinajstić information content (AvgIpc) is 3.16. The molecule has 11 heteroatoms. The molecule has 2 aromatic rings. The smallest absolute Gasteiger partial charge is 0.508 e. The number of phenols is 1. The second-order valence-electron chi connectivity index (χ2n) is 10.0. The monoisotopic (exact) mass is 613 g/mol. The summed E-state index contributed by atoms with van der Waals surface area (Å²) in [6.45, 7) is 0. The van der Waals surface area contributed by atoms with Gasteiger partial charge in [-0.2, -0.15) is 0 Å². The van der Waals surface area contributed by atoms with Gasteiger partial charge in [-0.1, -0.05) is 29.8 Å². The van der Waals surface area contributed by atoms with Gasteiger partial charge in [0.15, 0.2) is 11.6 Å². The Labute approximate surface area is 233 Å². The standard InChI is InChI=1S/C29H19BrF3NO6/c30-20-12-22(36)25-19(26(20)37)11-17-15(23(25)18-10-14(6-9-21(18)35)40-29(31,32)33)7-8-16-24(17)28(39)34(27(16)38)13-4-2-1-3-5-13/h1-7,9-10,12,16-17,23-24,35H,8,11H2/t16-,17+,23+,24-/m0/s1. The zero-order chi connectivity index (χ0) is 28.5. The van der Waals surface area contributed by atoms with Crippen molar-refractivity contribution in [2.24, 2.45) is 17.8 Å². The predicted octanol–water partition coefficient (Wildman–Crippen LogP) is 5.26. The maximum Gasteiger partial charge on any atom is 0.573 e. The van der Waals surface area contributed by atoms with Crippen LogP contribution in [0.5, 0.6) is 11.5 Å². The van der Waals surface area contributed by atoms with E-state index in [4.69, 9.17) is 0 Å². The lowest BCUT2D eigenvalue weighted by atomic mass is 9.59. The first-order valence-corrected chi connectivity index (χ1v) is 13.2. The highest BCUT2D eigenvalue weighted by atomic mass is 79.9. The number of hydrogen-bond acceptors (Lipinski definition) is 6. The molecule has 2 aromatic carbocycles. The van der Waals surface area contributed by atoms with Crippen molar-refractivity contribution in [3.63, 3.8) is 0 Å². The highest BCUT2D eigenvalue weighted by Gasteiger charge is 2.57. The number of imide groups is 1. The fourth-order valence-electron chi connectivity index (χ4n) is 6.35. The normalized spacial score (nSPS) is 26.2. The molecule has 1 N–H and O–H groups in total. The molecule has 0 aromatic heterocycles. The fraction of sp³-hybridized carbons (Fsp3) is 0.241. The maximum atomic E-state index is 13.8. The molecule has 40 heavy (non-hydrogen) atoms. The number of benzene rings is 2. The molecule has 0 bridgehead atoms. The molecule has 4 atom stereocenters. The minimum absolute atomic E-state index is 0.00732. The highest BCUT2D eigenvalue weighted by molar-refractivity contribution is 9.12. The third-order valence-electron chi connectivity index (χ3n) is 7.89. The van der Waals surface area contributed by atoms with Crippen LogP contribution >= 0.6 is 15.9 Å². The van der Waals surface area contributed by atoms with Crippen LogP contribution in [0.4, 0.5) is 18.9 Å². The van der Waals surface area contributed by atoms with Crippen molar-refractivity contribution in [1.82, 2.24) is 0 Å². The molecular weight excluding hydrogens is 595 g/mol. The van der Waals surface area contributed by atoms with Crippen molar-refractivity contribution >= 4 is 45.0 Å². The van der Waals surface area contributed by atoms with Crippen LogP contribution in [0.15, 0.2) is 81.9 Å². The van der Waals surface area contributed by atoms with Gasteiger partial charge in [0, 0.05) is 28.7 Å².